The lowest BCUT2D eigenvalue weighted by molar-refractivity contribution is -0.141. The molecule has 0 saturated carbocycles. The molecule has 1 aromatic carbocycles. The number of piperazine rings is 1. The van der Waals surface area contributed by atoms with E-state index >= 15 is 0 Å². The van der Waals surface area contributed by atoms with E-state index in [-0.39, 0.29) is 42.6 Å². The van der Waals surface area contributed by atoms with Gasteiger partial charge >= 0.3 is 0 Å². The molecule has 2 saturated heterocycles. The maximum atomic E-state index is 13.6. The van der Waals surface area contributed by atoms with Crippen molar-refractivity contribution < 1.29 is 23.1 Å². The lowest BCUT2D eigenvalue weighted by atomic mass is 10.0. The molecular weight excluding hydrogens is 368 g/mol. The maximum absolute atomic E-state index is 13.6. The number of carbonyl (C=O) groups excluding carboxylic acids is 2. The third-order valence-corrected chi connectivity index (χ3v) is 4.56. The van der Waals surface area contributed by atoms with E-state index in [0.717, 1.165) is 31.5 Å². The van der Waals surface area contributed by atoms with Crippen molar-refractivity contribution in [2.24, 2.45) is 0 Å². The minimum Gasteiger partial charge on any atom is -0.481 e. The second kappa shape index (κ2) is 9.14. The first kappa shape index (κ1) is 20.4. The van der Waals surface area contributed by atoms with Gasteiger partial charge in [0.2, 0.25) is 5.91 Å². The molecule has 1 unspecified atom stereocenters. The van der Waals surface area contributed by atoms with Crippen LogP contribution in [0.5, 0.6) is 5.75 Å². The van der Waals surface area contributed by atoms with Gasteiger partial charge in [-0.15, -0.1) is 12.4 Å². The Kier molecular flexibility index (Phi) is 7.16. The van der Waals surface area contributed by atoms with Crippen LogP contribution in [0.1, 0.15) is 12.8 Å². The zero-order valence-corrected chi connectivity index (χ0v) is 15.1. The molecule has 9 heteroatoms. The number of carbonyl (C=O) groups is 2. The molecule has 1 N–H and O–H groups in total. The van der Waals surface area contributed by atoms with Gasteiger partial charge in [-0.3, -0.25) is 9.59 Å². The van der Waals surface area contributed by atoms with Crippen LogP contribution >= 0.6 is 12.4 Å². The van der Waals surface area contributed by atoms with Gasteiger partial charge in [0.05, 0.1) is 6.54 Å². The topological polar surface area (TPSA) is 61.9 Å². The number of rotatable bonds is 4. The molecule has 3 rings (SSSR count). The highest BCUT2D eigenvalue weighted by atomic mass is 35.5. The molecule has 26 heavy (non-hydrogen) atoms. The van der Waals surface area contributed by atoms with Crippen LogP contribution in [-0.4, -0.2) is 67.0 Å². The van der Waals surface area contributed by atoms with Gasteiger partial charge in [0.15, 0.2) is 18.2 Å². The van der Waals surface area contributed by atoms with Crippen molar-refractivity contribution >= 4 is 24.2 Å². The number of amides is 2. The Morgan fingerprint density at radius 3 is 2.85 bits per heavy atom. The van der Waals surface area contributed by atoms with Crippen molar-refractivity contribution in [1.29, 1.82) is 0 Å². The summed E-state index contributed by atoms with van der Waals surface area (Å²) in [6, 6.07) is 2.97. The number of piperidine rings is 1. The molecule has 2 amide bonds. The summed E-state index contributed by atoms with van der Waals surface area (Å²) in [6.45, 7) is 2.46. The fourth-order valence-corrected chi connectivity index (χ4v) is 3.27. The first-order valence-electron chi connectivity index (χ1n) is 8.40. The normalized spacial score (nSPS) is 20.5. The summed E-state index contributed by atoms with van der Waals surface area (Å²) in [5.41, 5.74) is 0. The zero-order valence-electron chi connectivity index (χ0n) is 14.2. The molecular formula is C17H22ClF2N3O3. The van der Waals surface area contributed by atoms with Crippen molar-refractivity contribution in [2.45, 2.75) is 18.9 Å². The van der Waals surface area contributed by atoms with Gasteiger partial charge in [0, 0.05) is 38.3 Å². The minimum atomic E-state index is -0.837. The van der Waals surface area contributed by atoms with Gasteiger partial charge in [-0.1, -0.05) is 0 Å². The SMILES string of the molecule is Cl.O=C(COc1ccc(F)cc1F)N1CCCC(N2CCNCC2=O)C1. The van der Waals surface area contributed by atoms with Crippen LogP contribution in [0.3, 0.4) is 0 Å². The number of hydrogen-bond donors (Lipinski definition) is 1. The monoisotopic (exact) mass is 389 g/mol. The summed E-state index contributed by atoms with van der Waals surface area (Å²) in [6.07, 6.45) is 1.67. The Labute approximate surface area is 156 Å². The van der Waals surface area contributed by atoms with Gasteiger partial charge in [-0.25, -0.2) is 8.78 Å². The van der Waals surface area contributed by atoms with E-state index in [1.807, 2.05) is 4.90 Å². The first-order chi connectivity index (χ1) is 12.0. The Morgan fingerprint density at radius 1 is 1.31 bits per heavy atom. The zero-order chi connectivity index (χ0) is 17.8. The number of hydrogen-bond acceptors (Lipinski definition) is 4. The van der Waals surface area contributed by atoms with E-state index in [1.165, 1.54) is 0 Å². The first-order valence-corrected chi connectivity index (χ1v) is 8.40. The molecule has 0 bridgehead atoms. The van der Waals surface area contributed by atoms with Gasteiger partial charge in [0.1, 0.15) is 5.82 Å². The highest BCUT2D eigenvalue weighted by Crippen LogP contribution is 2.19. The molecule has 2 aliphatic rings. The van der Waals surface area contributed by atoms with Crippen LogP contribution in [0, 0.1) is 11.6 Å². The molecule has 6 nitrogen and oxygen atoms in total. The third-order valence-electron chi connectivity index (χ3n) is 4.56. The predicted molar refractivity (Wildman–Crippen MR) is 93.3 cm³/mol. The highest BCUT2D eigenvalue weighted by Gasteiger charge is 2.31. The molecule has 0 aromatic heterocycles. The second-order valence-electron chi connectivity index (χ2n) is 6.26. The third kappa shape index (κ3) is 4.82. The van der Waals surface area contributed by atoms with Crippen molar-refractivity contribution in [3.63, 3.8) is 0 Å². The second-order valence-corrected chi connectivity index (χ2v) is 6.26. The average molecular weight is 390 g/mol. The van der Waals surface area contributed by atoms with Crippen LogP contribution in [0.2, 0.25) is 0 Å². The lowest BCUT2D eigenvalue weighted by Gasteiger charge is -2.41. The molecule has 0 aliphatic carbocycles. The average Bonchev–Trinajstić information content (AvgIpc) is 2.61. The fraction of sp³-hybridized carbons (Fsp3) is 0.529. The van der Waals surface area contributed by atoms with E-state index in [4.69, 9.17) is 4.74 Å². The lowest BCUT2D eigenvalue weighted by Crippen LogP contribution is -2.57. The number of ether oxygens (including phenoxy) is 1. The summed E-state index contributed by atoms with van der Waals surface area (Å²) >= 11 is 0. The minimum absolute atomic E-state index is 0. The van der Waals surface area contributed by atoms with Crippen LogP contribution in [0.15, 0.2) is 18.2 Å². The number of likely N-dealkylation sites (tertiary alicyclic amines) is 1. The summed E-state index contributed by atoms with van der Waals surface area (Å²) in [5, 5.41) is 3.03. The Hall–Kier alpha value is -1.93. The standard InChI is InChI=1S/C17H21F2N3O3.ClH/c18-12-3-4-15(14(19)8-12)25-11-17(24)21-6-1-2-13(10-21)22-7-5-20-9-16(22)23;/h3-4,8,13,20H,1-2,5-7,9-11H2;1H. The summed E-state index contributed by atoms with van der Waals surface area (Å²) in [5.74, 6) is -1.90. The molecule has 1 aromatic rings. The Morgan fingerprint density at radius 2 is 2.12 bits per heavy atom. The molecule has 144 valence electrons. The smallest absolute Gasteiger partial charge is 0.260 e. The predicted octanol–water partition coefficient (Wildman–Crippen LogP) is 1.19. The van der Waals surface area contributed by atoms with E-state index in [0.29, 0.717) is 32.2 Å². The number of halogens is 3. The number of nitrogens with zero attached hydrogens (tertiary/aromatic N) is 2. The van der Waals surface area contributed by atoms with Crippen LogP contribution in [0.4, 0.5) is 8.78 Å². The Bertz CT molecular complexity index is 662. The van der Waals surface area contributed by atoms with Crippen molar-refractivity contribution in [3.8, 4) is 5.75 Å². The van der Waals surface area contributed by atoms with Crippen molar-refractivity contribution in [3.05, 3.63) is 29.8 Å². The molecule has 2 aliphatic heterocycles. The van der Waals surface area contributed by atoms with Gasteiger partial charge < -0.3 is 19.9 Å². The molecule has 0 spiro atoms. The van der Waals surface area contributed by atoms with Gasteiger partial charge in [-0.05, 0) is 25.0 Å². The number of benzene rings is 1. The van der Waals surface area contributed by atoms with Gasteiger partial charge in [0.25, 0.3) is 5.91 Å². The quantitative estimate of drug-likeness (QED) is 0.840. The molecule has 2 heterocycles. The summed E-state index contributed by atoms with van der Waals surface area (Å²) in [7, 11) is 0. The van der Waals surface area contributed by atoms with Crippen molar-refractivity contribution in [1.82, 2.24) is 15.1 Å². The molecule has 1 atom stereocenters. The van der Waals surface area contributed by atoms with E-state index < -0.39 is 11.6 Å². The molecule has 0 radical (unpaired) electrons. The summed E-state index contributed by atoms with van der Waals surface area (Å²) < 4.78 is 31.6. The van der Waals surface area contributed by atoms with E-state index in [9.17, 15) is 18.4 Å². The van der Waals surface area contributed by atoms with E-state index in [2.05, 4.69) is 5.32 Å². The molecule has 2 fully saturated rings. The number of nitrogens with one attached hydrogen (secondary N) is 1. The van der Waals surface area contributed by atoms with Gasteiger partial charge in [-0.2, -0.15) is 0 Å². The van der Waals surface area contributed by atoms with Crippen LogP contribution in [-0.2, 0) is 9.59 Å². The fourth-order valence-electron chi connectivity index (χ4n) is 3.27. The Balaban J connectivity index is 0.00000243. The van der Waals surface area contributed by atoms with Crippen LogP contribution in [0.25, 0.3) is 0 Å². The van der Waals surface area contributed by atoms with Crippen LogP contribution < -0.4 is 10.1 Å². The highest BCUT2D eigenvalue weighted by molar-refractivity contribution is 5.85. The maximum Gasteiger partial charge on any atom is 0.260 e. The summed E-state index contributed by atoms with van der Waals surface area (Å²) in [4.78, 5) is 27.8. The van der Waals surface area contributed by atoms with E-state index in [1.54, 1.807) is 4.90 Å². The van der Waals surface area contributed by atoms with Crippen molar-refractivity contribution in [2.75, 3.05) is 39.3 Å². The largest absolute Gasteiger partial charge is 0.481 e.